The van der Waals surface area contributed by atoms with Crippen LogP contribution in [-0.4, -0.2) is 54.9 Å². The zero-order chi connectivity index (χ0) is 22.7. The SMILES string of the molecule is C=CCN.O=S(=O)(O)C(F)(F)C(F)(F)C(F)(F)C(F)(F)C(F)CC(F)(F)F. The molecule has 0 aromatic heterocycles. The molecule has 0 aliphatic heterocycles. The molecule has 0 aliphatic rings. The first-order valence-corrected chi connectivity index (χ1v) is 7.48. The highest BCUT2D eigenvalue weighted by atomic mass is 32.2. The summed E-state index contributed by atoms with van der Waals surface area (Å²) in [5.41, 5.74) is 4.91. The van der Waals surface area contributed by atoms with Crippen LogP contribution in [0.2, 0.25) is 0 Å². The molecule has 0 bridgehead atoms. The number of nitrogens with two attached hydrogens (primary N) is 1. The van der Waals surface area contributed by atoms with E-state index in [0.717, 1.165) is 0 Å². The molecular weight excluding hydrogens is 442 g/mol. The summed E-state index contributed by atoms with van der Waals surface area (Å²) < 4.78 is 177. The van der Waals surface area contributed by atoms with Crippen molar-refractivity contribution in [3.05, 3.63) is 12.7 Å². The zero-order valence-corrected chi connectivity index (χ0v) is 13.4. The molecule has 3 N–H and O–H groups in total. The molecule has 1 atom stereocenters. The second-order valence-corrected chi connectivity index (χ2v) is 6.04. The Hall–Kier alpha value is -1.23. The third kappa shape index (κ3) is 5.87. The van der Waals surface area contributed by atoms with Gasteiger partial charge >= 0.3 is 39.3 Å². The van der Waals surface area contributed by atoms with Gasteiger partial charge < -0.3 is 5.73 Å². The third-order valence-electron chi connectivity index (χ3n) is 2.47. The number of hydrogen-bond donors (Lipinski definition) is 2. The maximum absolute atomic E-state index is 12.9. The minimum atomic E-state index is -7.65. The van der Waals surface area contributed by atoms with Gasteiger partial charge in [-0.05, 0) is 0 Å². The van der Waals surface area contributed by atoms with E-state index in [1.54, 1.807) is 6.08 Å². The minimum Gasteiger partial charge on any atom is -0.327 e. The van der Waals surface area contributed by atoms with Crippen LogP contribution in [0.3, 0.4) is 0 Å². The maximum atomic E-state index is 12.9. The van der Waals surface area contributed by atoms with Crippen molar-refractivity contribution in [3.63, 3.8) is 0 Å². The molecule has 0 aromatic rings. The smallest absolute Gasteiger partial charge is 0.327 e. The van der Waals surface area contributed by atoms with Crippen molar-refractivity contribution in [2.75, 3.05) is 6.54 Å². The average molecular weight is 453 g/mol. The van der Waals surface area contributed by atoms with E-state index in [9.17, 15) is 61.1 Å². The molecule has 27 heavy (non-hydrogen) atoms. The van der Waals surface area contributed by atoms with E-state index < -0.39 is 51.9 Å². The molecule has 0 aliphatic carbocycles. The topological polar surface area (TPSA) is 80.4 Å². The molecule has 0 rings (SSSR count). The summed E-state index contributed by atoms with van der Waals surface area (Å²) in [6.07, 6.45) is -12.8. The molecule has 0 aromatic carbocycles. The predicted octanol–water partition coefficient (Wildman–Crippen LogP) is 3.79. The molecule has 4 nitrogen and oxygen atoms in total. The van der Waals surface area contributed by atoms with E-state index in [1.165, 1.54) is 0 Å². The Labute approximate surface area is 143 Å². The van der Waals surface area contributed by atoms with Crippen LogP contribution in [0.4, 0.5) is 52.7 Å². The summed E-state index contributed by atoms with van der Waals surface area (Å²) in [7, 11) is -7.41. The molecule has 17 heteroatoms. The van der Waals surface area contributed by atoms with Crippen LogP contribution in [0.15, 0.2) is 12.7 Å². The van der Waals surface area contributed by atoms with E-state index >= 15 is 0 Å². The van der Waals surface area contributed by atoms with Gasteiger partial charge in [0.1, 0.15) is 0 Å². The van der Waals surface area contributed by atoms with E-state index in [-0.39, 0.29) is 0 Å². The number of hydrogen-bond acceptors (Lipinski definition) is 3. The monoisotopic (exact) mass is 453 g/mol. The highest BCUT2D eigenvalue weighted by molar-refractivity contribution is 7.87. The first-order chi connectivity index (χ1) is 11.5. The van der Waals surface area contributed by atoms with Crippen molar-refractivity contribution in [3.8, 4) is 0 Å². The first-order valence-electron chi connectivity index (χ1n) is 6.04. The fraction of sp³-hybridized carbons (Fsp3) is 0.800. The van der Waals surface area contributed by atoms with Crippen molar-refractivity contribution in [2.45, 2.75) is 41.8 Å². The Bertz CT molecular complexity index is 601. The van der Waals surface area contributed by atoms with Gasteiger partial charge in [-0.3, -0.25) is 4.55 Å². The van der Waals surface area contributed by atoms with Gasteiger partial charge in [-0.1, -0.05) is 6.08 Å². The number of halogens is 12. The summed E-state index contributed by atoms with van der Waals surface area (Å²) in [6, 6.07) is 0. The lowest BCUT2D eigenvalue weighted by Crippen LogP contribution is -2.66. The van der Waals surface area contributed by atoms with Crippen molar-refractivity contribution in [2.24, 2.45) is 5.73 Å². The molecule has 0 heterocycles. The molecule has 0 saturated heterocycles. The Morgan fingerprint density at radius 3 is 1.48 bits per heavy atom. The van der Waals surface area contributed by atoms with Crippen LogP contribution in [0.1, 0.15) is 6.42 Å². The molecule has 1 unspecified atom stereocenters. The Morgan fingerprint density at radius 1 is 0.926 bits per heavy atom. The standard InChI is InChI=1S/C7H4F12O3S.C3H7N/c8-2(1-3(9,10)11)4(12,13)5(14,15)6(16,17)7(18,19)23(20,21)22;1-2-3-4/h2H,1H2,(H,20,21,22);2H,1,3-4H2. The Balaban J connectivity index is 0. The Kier molecular flexibility index (Phi) is 8.73. The largest absolute Gasteiger partial charge is 0.438 e. The fourth-order valence-corrected chi connectivity index (χ4v) is 1.53. The van der Waals surface area contributed by atoms with Crippen molar-refractivity contribution in [1.29, 1.82) is 0 Å². The second kappa shape index (κ2) is 8.42. The maximum Gasteiger partial charge on any atom is 0.438 e. The van der Waals surface area contributed by atoms with Gasteiger partial charge in [0.05, 0.1) is 6.42 Å². The quantitative estimate of drug-likeness (QED) is 0.349. The van der Waals surface area contributed by atoms with Crippen molar-refractivity contribution in [1.82, 2.24) is 0 Å². The van der Waals surface area contributed by atoms with Crippen molar-refractivity contribution >= 4 is 10.1 Å². The number of rotatable bonds is 7. The van der Waals surface area contributed by atoms with Gasteiger partial charge in [-0.2, -0.15) is 56.7 Å². The summed E-state index contributed by atoms with van der Waals surface area (Å²) in [5, 5.41) is -7.25. The lowest BCUT2D eigenvalue weighted by molar-refractivity contribution is -0.363. The third-order valence-corrected chi connectivity index (χ3v) is 3.38. The number of alkyl halides is 12. The van der Waals surface area contributed by atoms with Gasteiger partial charge in [-0.15, -0.1) is 6.58 Å². The van der Waals surface area contributed by atoms with E-state index in [4.69, 9.17) is 10.3 Å². The van der Waals surface area contributed by atoms with Crippen LogP contribution < -0.4 is 5.73 Å². The summed E-state index contributed by atoms with van der Waals surface area (Å²) >= 11 is 0. The van der Waals surface area contributed by atoms with Gasteiger partial charge in [0.2, 0.25) is 0 Å². The molecule has 0 saturated carbocycles. The molecule has 0 amide bonds. The van der Waals surface area contributed by atoms with Crippen LogP contribution in [0.25, 0.3) is 0 Å². The second-order valence-electron chi connectivity index (χ2n) is 4.57. The first kappa shape index (κ1) is 28.0. The van der Waals surface area contributed by atoms with Gasteiger partial charge in [0.15, 0.2) is 6.17 Å². The summed E-state index contributed by atoms with van der Waals surface area (Å²) in [6.45, 7) is 3.94. The molecular formula is C10H11F12NO3S. The van der Waals surface area contributed by atoms with Gasteiger partial charge in [-0.25, -0.2) is 4.39 Å². The summed E-state index contributed by atoms with van der Waals surface area (Å²) in [4.78, 5) is 0. The lowest BCUT2D eigenvalue weighted by Gasteiger charge is -2.36. The van der Waals surface area contributed by atoms with Crippen molar-refractivity contribution < 1.29 is 65.7 Å². The van der Waals surface area contributed by atoms with Crippen LogP contribution in [0, 0.1) is 0 Å². The molecule has 0 fully saturated rings. The Morgan fingerprint density at radius 2 is 1.26 bits per heavy atom. The fourth-order valence-electron chi connectivity index (χ4n) is 1.08. The van der Waals surface area contributed by atoms with Crippen LogP contribution >= 0.6 is 0 Å². The molecule has 164 valence electrons. The lowest BCUT2D eigenvalue weighted by atomic mass is 9.98. The van der Waals surface area contributed by atoms with Gasteiger partial charge in [0.25, 0.3) is 0 Å². The van der Waals surface area contributed by atoms with E-state index in [1.807, 2.05) is 0 Å². The minimum absolute atomic E-state index is 0.583. The van der Waals surface area contributed by atoms with Crippen LogP contribution in [-0.2, 0) is 10.1 Å². The molecule has 0 spiro atoms. The average Bonchev–Trinajstić information content (AvgIpc) is 2.43. The summed E-state index contributed by atoms with van der Waals surface area (Å²) in [5.74, 6) is -22.3. The predicted molar refractivity (Wildman–Crippen MR) is 66.2 cm³/mol. The van der Waals surface area contributed by atoms with Crippen LogP contribution in [0.5, 0.6) is 0 Å². The molecule has 0 radical (unpaired) electrons. The zero-order valence-electron chi connectivity index (χ0n) is 12.6. The van der Waals surface area contributed by atoms with E-state index in [2.05, 4.69) is 6.58 Å². The van der Waals surface area contributed by atoms with E-state index in [0.29, 0.717) is 6.54 Å². The highest BCUT2D eigenvalue weighted by Gasteiger charge is 2.86. The van der Waals surface area contributed by atoms with Gasteiger partial charge in [0, 0.05) is 6.54 Å². The normalized spacial score (nSPS) is 15.6. The highest BCUT2D eigenvalue weighted by Crippen LogP contribution is 2.56.